The highest BCUT2D eigenvalue weighted by Gasteiger charge is 2.25. The summed E-state index contributed by atoms with van der Waals surface area (Å²) < 4.78 is 5.82. The summed E-state index contributed by atoms with van der Waals surface area (Å²) in [5, 5.41) is 1.07. The minimum atomic E-state index is 0.456. The second-order valence-corrected chi connectivity index (χ2v) is 4.78. The highest BCUT2D eigenvalue weighted by molar-refractivity contribution is 8.01. The Kier molecular flexibility index (Phi) is 3.23. The van der Waals surface area contributed by atoms with E-state index in [9.17, 15) is 0 Å². The summed E-state index contributed by atoms with van der Waals surface area (Å²) in [7, 11) is 0. The van der Waals surface area contributed by atoms with Crippen LogP contribution in [0.4, 0.5) is 0 Å². The molecule has 0 N–H and O–H groups in total. The van der Waals surface area contributed by atoms with Gasteiger partial charge in [0, 0.05) is 6.20 Å². The Bertz CT molecular complexity index is 326. The molecule has 14 heavy (non-hydrogen) atoms. The highest BCUT2D eigenvalue weighted by atomic mass is 32.2. The van der Waals surface area contributed by atoms with Crippen LogP contribution in [-0.4, -0.2) is 23.6 Å². The lowest BCUT2D eigenvalue weighted by molar-refractivity contribution is 0.293. The summed E-state index contributed by atoms with van der Waals surface area (Å²) >= 11 is 3.38. The van der Waals surface area contributed by atoms with Crippen molar-refractivity contribution < 1.29 is 4.74 Å². The maximum absolute atomic E-state index is 5.82. The van der Waals surface area contributed by atoms with Gasteiger partial charge in [0.05, 0.1) is 11.0 Å². The predicted octanol–water partition coefficient (Wildman–Crippen LogP) is 3.07. The quantitative estimate of drug-likeness (QED) is 0.737. The van der Waals surface area contributed by atoms with E-state index in [1.807, 2.05) is 18.5 Å². The molecule has 0 spiro atoms. The number of thioether (sulfide) groups is 2. The van der Waals surface area contributed by atoms with Crippen molar-refractivity contribution in [1.82, 2.24) is 4.98 Å². The molecule has 1 aliphatic rings. The number of ether oxygens (including phenoxy) is 1. The van der Waals surface area contributed by atoms with Crippen molar-refractivity contribution >= 4 is 23.5 Å². The fourth-order valence-electron chi connectivity index (χ4n) is 1.20. The maximum atomic E-state index is 5.82. The van der Waals surface area contributed by atoms with Crippen molar-refractivity contribution in [3.05, 3.63) is 12.3 Å². The number of nitrogens with zero attached hydrogens (tertiary/aromatic N) is 1. The second-order valence-electron chi connectivity index (χ2n) is 3.17. The fraction of sp³-hybridized carbons (Fsp3) is 0.500. The first-order valence-corrected chi connectivity index (χ1v) is 7.03. The third kappa shape index (κ3) is 2.17. The van der Waals surface area contributed by atoms with Crippen LogP contribution in [0.15, 0.2) is 22.2 Å². The van der Waals surface area contributed by atoms with Gasteiger partial charge in [-0.05, 0) is 31.4 Å². The van der Waals surface area contributed by atoms with E-state index in [4.69, 9.17) is 4.74 Å². The van der Waals surface area contributed by atoms with Crippen LogP contribution in [0.2, 0.25) is 0 Å². The molecule has 1 saturated carbocycles. The van der Waals surface area contributed by atoms with Crippen LogP contribution in [0.1, 0.15) is 12.8 Å². The first kappa shape index (κ1) is 10.2. The summed E-state index contributed by atoms with van der Waals surface area (Å²) in [5.74, 6) is 0.999. The average Bonchev–Trinajstić information content (AvgIpc) is 3.01. The minimum absolute atomic E-state index is 0.456. The number of rotatable bonds is 4. The molecule has 0 amide bonds. The van der Waals surface area contributed by atoms with E-state index in [0.29, 0.717) is 6.10 Å². The van der Waals surface area contributed by atoms with Crippen LogP contribution >= 0.6 is 23.5 Å². The zero-order chi connectivity index (χ0) is 9.97. The first-order chi connectivity index (χ1) is 6.85. The van der Waals surface area contributed by atoms with Gasteiger partial charge in [0.2, 0.25) is 0 Å². The van der Waals surface area contributed by atoms with Crippen molar-refractivity contribution in [2.45, 2.75) is 28.9 Å². The molecule has 4 heteroatoms. The molecule has 1 fully saturated rings. The van der Waals surface area contributed by atoms with Gasteiger partial charge >= 0.3 is 0 Å². The maximum Gasteiger partial charge on any atom is 0.137 e. The third-order valence-electron chi connectivity index (χ3n) is 2.05. The molecular formula is C10H13NOS2. The topological polar surface area (TPSA) is 22.1 Å². The fourth-order valence-corrected chi connectivity index (χ4v) is 2.70. The summed E-state index contributed by atoms with van der Waals surface area (Å²) in [6.45, 7) is 0. The Morgan fingerprint density at radius 3 is 2.71 bits per heavy atom. The summed E-state index contributed by atoms with van der Waals surface area (Å²) in [6.07, 6.45) is 8.79. The van der Waals surface area contributed by atoms with Crippen molar-refractivity contribution in [2.75, 3.05) is 12.5 Å². The minimum Gasteiger partial charge on any atom is -0.489 e. The van der Waals surface area contributed by atoms with E-state index >= 15 is 0 Å². The molecule has 0 atom stereocenters. The highest BCUT2D eigenvalue weighted by Crippen LogP contribution is 2.37. The molecular weight excluding hydrogens is 214 g/mol. The Morgan fingerprint density at radius 2 is 2.14 bits per heavy atom. The average molecular weight is 227 g/mol. The van der Waals surface area contributed by atoms with E-state index in [2.05, 4.69) is 11.2 Å². The van der Waals surface area contributed by atoms with Gasteiger partial charge in [-0.1, -0.05) is 0 Å². The van der Waals surface area contributed by atoms with Crippen molar-refractivity contribution in [3.63, 3.8) is 0 Å². The molecule has 1 aliphatic carbocycles. The van der Waals surface area contributed by atoms with Crippen LogP contribution < -0.4 is 4.74 Å². The van der Waals surface area contributed by atoms with Crippen molar-refractivity contribution in [1.29, 1.82) is 0 Å². The summed E-state index contributed by atoms with van der Waals surface area (Å²) in [5.41, 5.74) is 0. The smallest absolute Gasteiger partial charge is 0.137 e. The van der Waals surface area contributed by atoms with E-state index in [-0.39, 0.29) is 0 Å². The number of pyridine rings is 1. The van der Waals surface area contributed by atoms with Crippen LogP contribution in [0.3, 0.4) is 0 Å². The second kappa shape index (κ2) is 4.45. The Balaban J connectivity index is 2.26. The van der Waals surface area contributed by atoms with Gasteiger partial charge in [-0.2, -0.15) is 0 Å². The monoisotopic (exact) mass is 227 g/mol. The van der Waals surface area contributed by atoms with Crippen molar-refractivity contribution in [3.8, 4) is 5.75 Å². The van der Waals surface area contributed by atoms with Gasteiger partial charge in [0.15, 0.2) is 0 Å². The van der Waals surface area contributed by atoms with Gasteiger partial charge in [-0.15, -0.1) is 23.5 Å². The third-order valence-corrected chi connectivity index (χ3v) is 3.68. The number of hydrogen-bond donors (Lipinski definition) is 0. The lowest BCUT2D eigenvalue weighted by Gasteiger charge is -2.10. The molecule has 0 bridgehead atoms. The predicted molar refractivity (Wildman–Crippen MR) is 61.4 cm³/mol. The molecule has 0 aromatic carbocycles. The van der Waals surface area contributed by atoms with E-state index in [1.165, 1.54) is 17.7 Å². The Morgan fingerprint density at radius 1 is 1.36 bits per heavy atom. The van der Waals surface area contributed by atoms with Gasteiger partial charge in [-0.3, -0.25) is 0 Å². The lowest BCUT2D eigenvalue weighted by atomic mass is 10.4. The largest absolute Gasteiger partial charge is 0.489 e. The molecule has 1 aromatic rings. The number of hydrogen-bond acceptors (Lipinski definition) is 4. The van der Waals surface area contributed by atoms with E-state index in [0.717, 1.165) is 10.8 Å². The molecule has 76 valence electrons. The Labute approximate surface area is 92.8 Å². The normalized spacial score (nSPS) is 15.6. The van der Waals surface area contributed by atoms with E-state index < -0.39 is 0 Å². The zero-order valence-corrected chi connectivity index (χ0v) is 9.95. The van der Waals surface area contributed by atoms with Gasteiger partial charge in [0.25, 0.3) is 0 Å². The van der Waals surface area contributed by atoms with Gasteiger partial charge in [-0.25, -0.2) is 4.98 Å². The summed E-state index contributed by atoms with van der Waals surface area (Å²) in [6, 6.07) is 1.96. The molecule has 2 rings (SSSR count). The number of aromatic nitrogens is 1. The lowest BCUT2D eigenvalue weighted by Crippen LogP contribution is -1.98. The van der Waals surface area contributed by atoms with Gasteiger partial charge < -0.3 is 4.74 Å². The molecule has 0 radical (unpaired) electrons. The molecule has 0 unspecified atom stereocenters. The molecule has 0 saturated heterocycles. The SMILES string of the molecule is CSc1nccc(OC2CC2)c1SC. The first-order valence-electron chi connectivity index (χ1n) is 4.58. The molecule has 0 aliphatic heterocycles. The standard InChI is InChI=1S/C10H13NOS2/c1-13-9-8(12-7-3-4-7)5-6-11-10(9)14-2/h5-7H,3-4H2,1-2H3. The van der Waals surface area contributed by atoms with Crippen LogP contribution in [-0.2, 0) is 0 Å². The van der Waals surface area contributed by atoms with E-state index in [1.54, 1.807) is 23.5 Å². The molecule has 1 heterocycles. The molecule has 1 aromatic heterocycles. The van der Waals surface area contributed by atoms with Gasteiger partial charge in [0.1, 0.15) is 10.8 Å². The van der Waals surface area contributed by atoms with Crippen molar-refractivity contribution in [2.24, 2.45) is 0 Å². The molecule has 2 nitrogen and oxygen atoms in total. The Hall–Kier alpha value is -0.350. The zero-order valence-electron chi connectivity index (χ0n) is 8.32. The van der Waals surface area contributed by atoms with Crippen LogP contribution in [0.25, 0.3) is 0 Å². The van der Waals surface area contributed by atoms with Crippen LogP contribution in [0.5, 0.6) is 5.75 Å². The summed E-state index contributed by atoms with van der Waals surface area (Å²) in [4.78, 5) is 5.49. The van der Waals surface area contributed by atoms with Crippen LogP contribution in [0, 0.1) is 0 Å².